The molecule has 2 N–H and O–H groups in total. The lowest BCUT2D eigenvalue weighted by Gasteiger charge is -2.25. The summed E-state index contributed by atoms with van der Waals surface area (Å²) in [4.78, 5) is 2.47. The topological polar surface area (TPSA) is 29.3 Å². The summed E-state index contributed by atoms with van der Waals surface area (Å²) in [6.07, 6.45) is 0. The van der Waals surface area contributed by atoms with E-state index in [1.807, 2.05) is 0 Å². The summed E-state index contributed by atoms with van der Waals surface area (Å²) >= 11 is 0. The van der Waals surface area contributed by atoms with Crippen LogP contribution in [0.4, 0.5) is 0 Å². The van der Waals surface area contributed by atoms with Crippen molar-refractivity contribution in [3.63, 3.8) is 0 Å². The smallest absolute Gasteiger partial charge is 0.0237 e. The van der Waals surface area contributed by atoms with E-state index < -0.39 is 0 Å². The number of nitrogens with zero attached hydrogens (tertiary/aromatic N) is 1. The van der Waals surface area contributed by atoms with Crippen LogP contribution >= 0.6 is 0 Å². The van der Waals surface area contributed by atoms with Crippen molar-refractivity contribution in [1.29, 1.82) is 0 Å². The lowest BCUT2D eigenvalue weighted by atomic mass is 10.1. The Morgan fingerprint density at radius 1 is 0.850 bits per heavy atom. The van der Waals surface area contributed by atoms with Gasteiger partial charge in [0.05, 0.1) is 0 Å². The summed E-state index contributed by atoms with van der Waals surface area (Å²) in [6, 6.07) is 21.3. The van der Waals surface area contributed by atoms with Gasteiger partial charge in [0.2, 0.25) is 0 Å². The Hall–Kier alpha value is -1.64. The van der Waals surface area contributed by atoms with E-state index in [0.717, 1.165) is 26.2 Å². The largest absolute Gasteiger partial charge is 0.330 e. The third-order valence-electron chi connectivity index (χ3n) is 3.47. The monoisotopic (exact) mass is 268 g/mol. The molecule has 0 saturated heterocycles. The molecular weight excluding hydrogens is 244 g/mol. The molecule has 0 aliphatic rings. The van der Waals surface area contributed by atoms with Crippen LogP contribution in [0.3, 0.4) is 0 Å². The molecule has 106 valence electrons. The number of hydrogen-bond acceptors (Lipinski definition) is 2. The molecule has 0 spiro atoms. The Labute approximate surface area is 122 Å². The van der Waals surface area contributed by atoms with Crippen molar-refractivity contribution in [1.82, 2.24) is 4.90 Å². The van der Waals surface area contributed by atoms with Gasteiger partial charge in [-0.05, 0) is 23.6 Å². The zero-order valence-electron chi connectivity index (χ0n) is 12.2. The second kappa shape index (κ2) is 7.83. The van der Waals surface area contributed by atoms with E-state index in [2.05, 4.69) is 72.5 Å². The maximum atomic E-state index is 5.78. The lowest BCUT2D eigenvalue weighted by Crippen LogP contribution is -2.31. The van der Waals surface area contributed by atoms with Crippen molar-refractivity contribution < 1.29 is 0 Å². The highest BCUT2D eigenvalue weighted by Crippen LogP contribution is 2.12. The molecule has 2 aromatic rings. The average molecular weight is 268 g/mol. The maximum absolute atomic E-state index is 5.78. The van der Waals surface area contributed by atoms with Crippen molar-refractivity contribution in [3.8, 4) is 0 Å². The van der Waals surface area contributed by atoms with Gasteiger partial charge in [0.1, 0.15) is 0 Å². The molecule has 0 aromatic heterocycles. The lowest BCUT2D eigenvalue weighted by molar-refractivity contribution is 0.223. The SMILES string of the molecule is CC(CN)CN(Cc1ccccc1)Cc1ccccc1. The van der Waals surface area contributed by atoms with Crippen LogP contribution in [-0.4, -0.2) is 18.0 Å². The molecule has 1 unspecified atom stereocenters. The highest BCUT2D eigenvalue weighted by atomic mass is 15.1. The maximum Gasteiger partial charge on any atom is 0.0237 e. The molecule has 0 heterocycles. The molecule has 0 amide bonds. The zero-order valence-corrected chi connectivity index (χ0v) is 12.2. The zero-order chi connectivity index (χ0) is 14.2. The molecule has 2 aromatic carbocycles. The molecule has 0 aliphatic carbocycles. The number of rotatable bonds is 7. The fourth-order valence-electron chi connectivity index (χ4n) is 2.38. The van der Waals surface area contributed by atoms with Crippen LogP contribution in [0.5, 0.6) is 0 Å². The van der Waals surface area contributed by atoms with Gasteiger partial charge in [-0.15, -0.1) is 0 Å². The van der Waals surface area contributed by atoms with Crippen LogP contribution in [0.25, 0.3) is 0 Å². The Kier molecular flexibility index (Phi) is 5.78. The normalized spacial score (nSPS) is 12.6. The van der Waals surface area contributed by atoms with E-state index in [4.69, 9.17) is 5.73 Å². The predicted octanol–water partition coefficient (Wildman–Crippen LogP) is 3.28. The van der Waals surface area contributed by atoms with Gasteiger partial charge in [-0.25, -0.2) is 0 Å². The van der Waals surface area contributed by atoms with Gasteiger partial charge in [0.15, 0.2) is 0 Å². The first-order valence-corrected chi connectivity index (χ1v) is 7.28. The van der Waals surface area contributed by atoms with E-state index >= 15 is 0 Å². The molecule has 2 heteroatoms. The molecule has 20 heavy (non-hydrogen) atoms. The fourth-order valence-corrected chi connectivity index (χ4v) is 2.38. The first kappa shape index (κ1) is 14.8. The van der Waals surface area contributed by atoms with E-state index in [9.17, 15) is 0 Å². The molecule has 2 nitrogen and oxygen atoms in total. The van der Waals surface area contributed by atoms with Gasteiger partial charge in [0, 0.05) is 19.6 Å². The Balaban J connectivity index is 2.04. The minimum Gasteiger partial charge on any atom is -0.330 e. The van der Waals surface area contributed by atoms with Crippen LogP contribution in [-0.2, 0) is 13.1 Å². The summed E-state index contributed by atoms with van der Waals surface area (Å²) in [6.45, 7) is 5.92. The van der Waals surface area contributed by atoms with Gasteiger partial charge in [-0.3, -0.25) is 4.90 Å². The molecule has 2 rings (SSSR count). The summed E-state index contributed by atoms with van der Waals surface area (Å²) < 4.78 is 0. The number of nitrogens with two attached hydrogens (primary N) is 1. The number of benzene rings is 2. The summed E-state index contributed by atoms with van der Waals surface area (Å²) in [5.41, 5.74) is 8.49. The van der Waals surface area contributed by atoms with Crippen LogP contribution in [0.2, 0.25) is 0 Å². The van der Waals surface area contributed by atoms with E-state index in [0.29, 0.717) is 5.92 Å². The Bertz CT molecular complexity index is 440. The number of hydrogen-bond donors (Lipinski definition) is 1. The highest BCUT2D eigenvalue weighted by Gasteiger charge is 2.10. The van der Waals surface area contributed by atoms with Gasteiger partial charge >= 0.3 is 0 Å². The third kappa shape index (κ3) is 4.80. The van der Waals surface area contributed by atoms with Gasteiger partial charge < -0.3 is 5.73 Å². The first-order valence-electron chi connectivity index (χ1n) is 7.28. The fraction of sp³-hybridized carbons (Fsp3) is 0.333. The van der Waals surface area contributed by atoms with E-state index in [-0.39, 0.29) is 0 Å². The van der Waals surface area contributed by atoms with E-state index in [1.165, 1.54) is 11.1 Å². The molecule has 0 saturated carbocycles. The van der Waals surface area contributed by atoms with Crippen molar-refractivity contribution in [3.05, 3.63) is 71.8 Å². The highest BCUT2D eigenvalue weighted by molar-refractivity contribution is 5.17. The van der Waals surface area contributed by atoms with Crippen LogP contribution < -0.4 is 5.73 Å². The molecule has 0 radical (unpaired) electrons. The van der Waals surface area contributed by atoms with Crippen molar-refractivity contribution >= 4 is 0 Å². The Morgan fingerprint density at radius 2 is 1.30 bits per heavy atom. The van der Waals surface area contributed by atoms with Crippen molar-refractivity contribution in [2.24, 2.45) is 11.7 Å². The summed E-state index contributed by atoms with van der Waals surface area (Å²) in [5.74, 6) is 0.516. The third-order valence-corrected chi connectivity index (χ3v) is 3.47. The average Bonchev–Trinajstić information content (AvgIpc) is 2.49. The Morgan fingerprint density at radius 3 is 1.70 bits per heavy atom. The molecule has 0 fully saturated rings. The van der Waals surface area contributed by atoms with Gasteiger partial charge in [0.25, 0.3) is 0 Å². The minimum absolute atomic E-state index is 0.516. The quantitative estimate of drug-likeness (QED) is 0.835. The summed E-state index contributed by atoms with van der Waals surface area (Å²) in [5, 5.41) is 0. The predicted molar refractivity (Wildman–Crippen MR) is 85.2 cm³/mol. The van der Waals surface area contributed by atoms with Crippen LogP contribution in [0, 0.1) is 5.92 Å². The minimum atomic E-state index is 0.516. The molecule has 0 bridgehead atoms. The second-order valence-corrected chi connectivity index (χ2v) is 5.48. The second-order valence-electron chi connectivity index (χ2n) is 5.48. The molecule has 0 aliphatic heterocycles. The molecular formula is C18H24N2. The summed E-state index contributed by atoms with van der Waals surface area (Å²) in [7, 11) is 0. The first-order chi connectivity index (χ1) is 9.78. The standard InChI is InChI=1S/C18H24N2/c1-16(12-19)13-20(14-17-8-4-2-5-9-17)15-18-10-6-3-7-11-18/h2-11,16H,12-15,19H2,1H3. The van der Waals surface area contributed by atoms with Gasteiger partial charge in [-0.1, -0.05) is 67.6 Å². The van der Waals surface area contributed by atoms with Crippen LogP contribution in [0.1, 0.15) is 18.1 Å². The van der Waals surface area contributed by atoms with Gasteiger partial charge in [-0.2, -0.15) is 0 Å². The molecule has 1 atom stereocenters. The van der Waals surface area contributed by atoms with Crippen LogP contribution in [0.15, 0.2) is 60.7 Å². The van der Waals surface area contributed by atoms with Crippen molar-refractivity contribution in [2.75, 3.05) is 13.1 Å². The van der Waals surface area contributed by atoms with Crippen molar-refractivity contribution in [2.45, 2.75) is 20.0 Å². The van der Waals surface area contributed by atoms with E-state index in [1.54, 1.807) is 0 Å².